The number of hydrogen-bond donors (Lipinski definition) is 3. The molecule has 0 unspecified atom stereocenters. The molecule has 0 amide bonds. The van der Waals surface area contributed by atoms with Gasteiger partial charge in [-0.1, -0.05) is 18.2 Å². The van der Waals surface area contributed by atoms with E-state index in [-0.39, 0.29) is 11.4 Å². The van der Waals surface area contributed by atoms with Crippen LogP contribution in [0.2, 0.25) is 0 Å². The third-order valence-electron chi connectivity index (χ3n) is 2.96. The van der Waals surface area contributed by atoms with Crippen molar-refractivity contribution in [1.82, 2.24) is 0 Å². The van der Waals surface area contributed by atoms with Gasteiger partial charge in [0.05, 0.1) is 5.69 Å². The maximum absolute atomic E-state index is 11.6. The normalized spacial score (nSPS) is 10.3. The zero-order chi connectivity index (χ0) is 17.7. The average molecular weight is 342 g/mol. The van der Waals surface area contributed by atoms with Gasteiger partial charge in [-0.3, -0.25) is 9.98 Å². The molecule has 24 heavy (non-hydrogen) atoms. The van der Waals surface area contributed by atoms with Crippen LogP contribution in [0.5, 0.6) is 5.75 Å². The van der Waals surface area contributed by atoms with Gasteiger partial charge in [-0.05, 0) is 35.4 Å². The quantitative estimate of drug-likeness (QED) is 0.438. The van der Waals surface area contributed by atoms with E-state index in [1.807, 2.05) is 0 Å². The number of hydrazone groups is 1. The topological polar surface area (TPSA) is 147 Å². The van der Waals surface area contributed by atoms with E-state index >= 15 is 0 Å². The summed E-state index contributed by atoms with van der Waals surface area (Å²) in [6.45, 7) is 0. The number of nitrogens with one attached hydrogen (secondary N) is 1. The van der Waals surface area contributed by atoms with E-state index in [0.717, 1.165) is 0 Å². The number of phenolic OH excluding ortho intramolecular Hbond substituents is 1. The van der Waals surface area contributed by atoms with Gasteiger partial charge in [0.15, 0.2) is 0 Å². The Labute approximate surface area is 137 Å². The molecule has 0 saturated heterocycles. The molecule has 0 fully saturated rings. The Balaban J connectivity index is 2.51. The third-order valence-corrected chi connectivity index (χ3v) is 3.85. The molecular formula is C15H10N4O4S. The lowest BCUT2D eigenvalue weighted by atomic mass is 10.1. The zero-order valence-electron chi connectivity index (χ0n) is 12.0. The van der Waals surface area contributed by atoms with Gasteiger partial charge in [-0.2, -0.15) is 24.0 Å². The fraction of sp³-hybridized carbons (Fsp3) is 0. The molecule has 120 valence electrons. The summed E-state index contributed by atoms with van der Waals surface area (Å²) in [4.78, 5) is -0.466. The minimum Gasteiger partial charge on any atom is -0.508 e. The molecule has 8 nitrogen and oxygen atoms in total. The molecule has 0 radical (unpaired) electrons. The molecule has 0 aromatic heterocycles. The molecule has 0 atom stereocenters. The summed E-state index contributed by atoms with van der Waals surface area (Å²) < 4.78 is 32.5. The number of benzene rings is 2. The van der Waals surface area contributed by atoms with Crippen LogP contribution < -0.4 is 5.43 Å². The van der Waals surface area contributed by atoms with Crippen molar-refractivity contribution in [2.24, 2.45) is 5.10 Å². The standard InChI is InChI=1S/C15H10N4O4S/c16-8-12(9-17)18-19-14-6-3-11(7-15(14)24(21,22)23)10-1-4-13(20)5-2-10/h1-7,19-20H,(H,21,22,23). The largest absolute Gasteiger partial charge is 0.508 e. The van der Waals surface area contributed by atoms with Crippen molar-refractivity contribution < 1.29 is 18.1 Å². The summed E-state index contributed by atoms with van der Waals surface area (Å²) in [5.41, 5.74) is 2.76. The Hall–Kier alpha value is -3.40. The first-order valence-electron chi connectivity index (χ1n) is 6.40. The predicted octanol–water partition coefficient (Wildman–Crippen LogP) is 2.12. The highest BCUT2D eigenvalue weighted by Gasteiger charge is 2.17. The molecule has 0 saturated carbocycles. The van der Waals surface area contributed by atoms with Crippen LogP contribution in [-0.4, -0.2) is 23.8 Å². The van der Waals surface area contributed by atoms with Gasteiger partial charge in [0.2, 0.25) is 5.71 Å². The molecule has 2 aromatic rings. The van der Waals surface area contributed by atoms with Crippen LogP contribution in [0.3, 0.4) is 0 Å². The second-order valence-corrected chi connectivity index (χ2v) is 5.92. The van der Waals surface area contributed by atoms with Gasteiger partial charge < -0.3 is 5.11 Å². The number of nitrogens with zero attached hydrogens (tertiary/aromatic N) is 3. The molecule has 0 aliphatic heterocycles. The summed E-state index contributed by atoms with van der Waals surface area (Å²) in [5, 5.41) is 30.0. The highest BCUT2D eigenvalue weighted by molar-refractivity contribution is 7.86. The van der Waals surface area contributed by atoms with Crippen molar-refractivity contribution in [2.75, 3.05) is 5.43 Å². The highest BCUT2D eigenvalue weighted by Crippen LogP contribution is 2.29. The Bertz CT molecular complexity index is 968. The summed E-state index contributed by atoms with van der Waals surface area (Å²) in [6.07, 6.45) is 0. The van der Waals surface area contributed by atoms with Gasteiger partial charge in [0.25, 0.3) is 10.1 Å². The van der Waals surface area contributed by atoms with Crippen molar-refractivity contribution >= 4 is 21.5 Å². The number of nitriles is 2. The summed E-state index contributed by atoms with van der Waals surface area (Å²) in [6, 6.07) is 13.1. The minimum atomic E-state index is -4.58. The molecule has 9 heteroatoms. The Morgan fingerprint density at radius 2 is 1.62 bits per heavy atom. The van der Waals surface area contributed by atoms with E-state index in [1.54, 1.807) is 18.2 Å². The van der Waals surface area contributed by atoms with E-state index in [9.17, 15) is 18.1 Å². The first-order valence-corrected chi connectivity index (χ1v) is 7.84. The van der Waals surface area contributed by atoms with Crippen molar-refractivity contribution in [2.45, 2.75) is 4.90 Å². The van der Waals surface area contributed by atoms with E-state index in [4.69, 9.17) is 10.5 Å². The first kappa shape index (κ1) is 17.0. The average Bonchev–Trinajstić information content (AvgIpc) is 2.56. The van der Waals surface area contributed by atoms with Crippen LogP contribution in [0.25, 0.3) is 11.1 Å². The monoisotopic (exact) mass is 342 g/mol. The summed E-state index contributed by atoms with van der Waals surface area (Å²) in [5.74, 6) is 0.0573. The van der Waals surface area contributed by atoms with Crippen LogP contribution in [0.1, 0.15) is 0 Å². The van der Waals surface area contributed by atoms with Gasteiger partial charge in [0.1, 0.15) is 22.8 Å². The number of aromatic hydroxyl groups is 1. The van der Waals surface area contributed by atoms with Crippen LogP contribution in [-0.2, 0) is 10.1 Å². The molecule has 0 bridgehead atoms. The maximum Gasteiger partial charge on any atom is 0.296 e. The second kappa shape index (κ2) is 6.79. The van der Waals surface area contributed by atoms with Gasteiger partial charge in [-0.15, -0.1) is 0 Å². The first-order chi connectivity index (χ1) is 11.3. The molecule has 0 aliphatic carbocycles. The lowest BCUT2D eigenvalue weighted by molar-refractivity contribution is 0.475. The molecule has 2 rings (SSSR count). The van der Waals surface area contributed by atoms with Crippen molar-refractivity contribution in [1.29, 1.82) is 10.5 Å². The fourth-order valence-electron chi connectivity index (χ4n) is 1.85. The molecular weight excluding hydrogens is 332 g/mol. The number of rotatable bonds is 4. The lowest BCUT2D eigenvalue weighted by Crippen LogP contribution is -2.05. The minimum absolute atomic E-state index is 0.0573. The lowest BCUT2D eigenvalue weighted by Gasteiger charge is -2.09. The second-order valence-electron chi connectivity index (χ2n) is 4.53. The molecule has 3 N–H and O–H groups in total. The number of anilines is 1. The highest BCUT2D eigenvalue weighted by atomic mass is 32.2. The number of hydrogen-bond acceptors (Lipinski definition) is 7. The molecule has 0 aliphatic rings. The van der Waals surface area contributed by atoms with Crippen LogP contribution >= 0.6 is 0 Å². The van der Waals surface area contributed by atoms with Crippen LogP contribution in [0, 0.1) is 22.7 Å². The van der Waals surface area contributed by atoms with Crippen LogP contribution in [0.15, 0.2) is 52.5 Å². The van der Waals surface area contributed by atoms with Gasteiger partial charge in [0, 0.05) is 0 Å². The SMILES string of the molecule is N#CC(C#N)=NNc1ccc(-c2ccc(O)cc2)cc1S(=O)(=O)O. The molecule has 2 aromatic carbocycles. The van der Waals surface area contributed by atoms with E-state index in [0.29, 0.717) is 11.1 Å². The molecule has 0 spiro atoms. The zero-order valence-corrected chi connectivity index (χ0v) is 12.8. The van der Waals surface area contributed by atoms with E-state index in [2.05, 4.69) is 10.5 Å². The fourth-order valence-corrected chi connectivity index (χ4v) is 2.52. The van der Waals surface area contributed by atoms with Crippen molar-refractivity contribution in [3.05, 3.63) is 42.5 Å². The van der Waals surface area contributed by atoms with Gasteiger partial charge >= 0.3 is 0 Å². The summed E-state index contributed by atoms with van der Waals surface area (Å²) in [7, 11) is -4.58. The van der Waals surface area contributed by atoms with Crippen LogP contribution in [0.4, 0.5) is 5.69 Å². The van der Waals surface area contributed by atoms with E-state index < -0.39 is 20.7 Å². The predicted molar refractivity (Wildman–Crippen MR) is 85.6 cm³/mol. The Kier molecular flexibility index (Phi) is 4.80. The molecule has 0 heterocycles. The van der Waals surface area contributed by atoms with Gasteiger partial charge in [-0.25, -0.2) is 0 Å². The van der Waals surface area contributed by atoms with Crippen molar-refractivity contribution in [3.63, 3.8) is 0 Å². The Morgan fingerprint density at radius 3 is 2.17 bits per heavy atom. The van der Waals surface area contributed by atoms with E-state index in [1.165, 1.54) is 36.4 Å². The number of phenols is 1. The smallest absolute Gasteiger partial charge is 0.296 e. The summed E-state index contributed by atoms with van der Waals surface area (Å²) >= 11 is 0. The van der Waals surface area contributed by atoms with Crippen molar-refractivity contribution in [3.8, 4) is 29.0 Å². The maximum atomic E-state index is 11.6. The Morgan fingerprint density at radius 1 is 1.04 bits per heavy atom. The third kappa shape index (κ3) is 3.87.